The largest absolute Gasteiger partial charge is 0.302 e. The van der Waals surface area contributed by atoms with E-state index in [1.165, 1.54) is 11.3 Å². The second-order valence-corrected chi connectivity index (χ2v) is 5.60. The summed E-state index contributed by atoms with van der Waals surface area (Å²) in [6.07, 6.45) is 2.54. The number of anilines is 1. The Kier molecular flexibility index (Phi) is 3.06. The lowest BCUT2D eigenvalue weighted by Crippen LogP contribution is -2.14. The number of aromatic nitrogens is 1. The molecule has 0 aliphatic heterocycles. The molecule has 3 rings (SSSR count). The molecule has 0 spiro atoms. The third kappa shape index (κ3) is 2.26. The van der Waals surface area contributed by atoms with E-state index in [2.05, 4.69) is 10.3 Å². The van der Waals surface area contributed by atoms with Crippen LogP contribution in [0.3, 0.4) is 0 Å². The van der Waals surface area contributed by atoms with Crippen LogP contribution < -0.4 is 5.32 Å². The highest BCUT2D eigenvalue weighted by Gasteiger charge is 2.44. The third-order valence-corrected chi connectivity index (χ3v) is 4.13. The molecule has 0 bridgehead atoms. The number of benzene rings is 1. The molecule has 18 heavy (non-hydrogen) atoms. The van der Waals surface area contributed by atoms with Gasteiger partial charge >= 0.3 is 0 Å². The van der Waals surface area contributed by atoms with Crippen LogP contribution in [0.4, 0.5) is 5.13 Å². The molecule has 92 valence electrons. The Morgan fingerprint density at radius 2 is 2.28 bits per heavy atom. The van der Waals surface area contributed by atoms with Crippen molar-refractivity contribution < 1.29 is 4.79 Å². The Balaban J connectivity index is 1.67. The lowest BCUT2D eigenvalue weighted by atomic mass is 10.1. The van der Waals surface area contributed by atoms with Crippen molar-refractivity contribution in [1.29, 1.82) is 0 Å². The first-order chi connectivity index (χ1) is 8.75. The van der Waals surface area contributed by atoms with Crippen molar-refractivity contribution in [3.05, 3.63) is 46.4 Å². The summed E-state index contributed by atoms with van der Waals surface area (Å²) < 4.78 is 0. The molecule has 2 unspecified atom stereocenters. The van der Waals surface area contributed by atoms with Crippen LogP contribution in [0.25, 0.3) is 0 Å². The fourth-order valence-corrected chi connectivity index (χ4v) is 2.90. The van der Waals surface area contributed by atoms with Crippen molar-refractivity contribution in [1.82, 2.24) is 4.98 Å². The minimum atomic E-state index is 0.0220. The van der Waals surface area contributed by atoms with Crippen LogP contribution in [0, 0.1) is 5.92 Å². The van der Waals surface area contributed by atoms with Crippen LogP contribution in [0.1, 0.15) is 17.9 Å². The molecule has 0 radical (unpaired) electrons. The molecule has 1 aliphatic rings. The van der Waals surface area contributed by atoms with Crippen molar-refractivity contribution in [3.8, 4) is 0 Å². The molecule has 1 aliphatic carbocycles. The molecule has 0 saturated heterocycles. The summed E-state index contributed by atoms with van der Waals surface area (Å²) in [5.41, 5.74) is 1.07. The van der Waals surface area contributed by atoms with Gasteiger partial charge in [-0.05, 0) is 24.0 Å². The number of halogens is 1. The van der Waals surface area contributed by atoms with Crippen LogP contribution in [-0.2, 0) is 4.79 Å². The van der Waals surface area contributed by atoms with E-state index in [1.807, 2.05) is 29.6 Å². The van der Waals surface area contributed by atoms with E-state index < -0.39 is 0 Å². The molecular weight excluding hydrogens is 268 g/mol. The maximum absolute atomic E-state index is 12.0. The third-order valence-electron chi connectivity index (χ3n) is 3.09. The normalized spacial score (nSPS) is 21.6. The van der Waals surface area contributed by atoms with Gasteiger partial charge in [-0.1, -0.05) is 29.8 Å². The van der Waals surface area contributed by atoms with Gasteiger partial charge in [-0.2, -0.15) is 0 Å². The number of amides is 1. The zero-order valence-electron chi connectivity index (χ0n) is 9.47. The number of thiazole rings is 1. The summed E-state index contributed by atoms with van der Waals surface area (Å²) in [4.78, 5) is 16.0. The number of hydrogen-bond donors (Lipinski definition) is 1. The Morgan fingerprint density at radius 1 is 1.44 bits per heavy atom. The number of rotatable bonds is 3. The van der Waals surface area contributed by atoms with E-state index in [-0.39, 0.29) is 17.7 Å². The van der Waals surface area contributed by atoms with E-state index >= 15 is 0 Å². The standard InChI is InChI=1S/C13H11ClN2OS/c14-11-4-2-1-3-8(11)9-7-10(9)12(17)16-13-15-5-6-18-13/h1-6,9-10H,7H2,(H,15,16,17). The van der Waals surface area contributed by atoms with Crippen LogP contribution >= 0.6 is 22.9 Å². The van der Waals surface area contributed by atoms with Crippen molar-refractivity contribution >= 4 is 34.0 Å². The molecule has 1 heterocycles. The highest BCUT2D eigenvalue weighted by atomic mass is 35.5. The summed E-state index contributed by atoms with van der Waals surface area (Å²) >= 11 is 7.56. The average molecular weight is 279 g/mol. The van der Waals surface area contributed by atoms with E-state index in [4.69, 9.17) is 11.6 Å². The fraction of sp³-hybridized carbons (Fsp3) is 0.231. The summed E-state index contributed by atoms with van der Waals surface area (Å²) in [6.45, 7) is 0. The number of carbonyl (C=O) groups excluding carboxylic acids is 1. The fourth-order valence-electron chi connectivity index (χ4n) is 2.09. The predicted molar refractivity (Wildman–Crippen MR) is 73.0 cm³/mol. The number of carbonyl (C=O) groups is 1. The molecule has 1 aromatic heterocycles. The Morgan fingerprint density at radius 3 is 3.00 bits per heavy atom. The van der Waals surface area contributed by atoms with Gasteiger partial charge in [-0.15, -0.1) is 11.3 Å². The molecule has 1 amide bonds. The Labute approximate surface area is 114 Å². The van der Waals surface area contributed by atoms with E-state index in [0.29, 0.717) is 5.13 Å². The van der Waals surface area contributed by atoms with Gasteiger partial charge in [-0.3, -0.25) is 4.79 Å². The number of hydrogen-bond acceptors (Lipinski definition) is 3. The van der Waals surface area contributed by atoms with Crippen molar-refractivity contribution in [2.24, 2.45) is 5.92 Å². The smallest absolute Gasteiger partial charge is 0.229 e. The van der Waals surface area contributed by atoms with Crippen molar-refractivity contribution in [2.45, 2.75) is 12.3 Å². The highest BCUT2D eigenvalue weighted by Crippen LogP contribution is 2.49. The van der Waals surface area contributed by atoms with Crippen LogP contribution in [0.5, 0.6) is 0 Å². The first-order valence-corrected chi connectivity index (χ1v) is 6.96. The van der Waals surface area contributed by atoms with Gasteiger partial charge in [-0.25, -0.2) is 4.98 Å². The number of nitrogens with zero attached hydrogens (tertiary/aromatic N) is 1. The van der Waals surface area contributed by atoms with E-state index in [1.54, 1.807) is 6.20 Å². The molecule has 1 fully saturated rings. The first kappa shape index (κ1) is 11.7. The molecule has 3 nitrogen and oxygen atoms in total. The maximum Gasteiger partial charge on any atom is 0.229 e. The zero-order valence-corrected chi connectivity index (χ0v) is 11.0. The molecule has 1 aromatic carbocycles. The molecule has 2 atom stereocenters. The summed E-state index contributed by atoms with van der Waals surface area (Å²) in [5, 5.41) is 6.07. The first-order valence-electron chi connectivity index (χ1n) is 5.70. The van der Waals surface area contributed by atoms with Crippen LogP contribution in [0.2, 0.25) is 5.02 Å². The lowest BCUT2D eigenvalue weighted by molar-refractivity contribution is -0.117. The van der Waals surface area contributed by atoms with Gasteiger partial charge in [0.2, 0.25) is 5.91 Å². The van der Waals surface area contributed by atoms with Crippen LogP contribution in [-0.4, -0.2) is 10.9 Å². The highest BCUT2D eigenvalue weighted by molar-refractivity contribution is 7.13. The maximum atomic E-state index is 12.0. The quantitative estimate of drug-likeness (QED) is 0.933. The summed E-state index contributed by atoms with van der Waals surface area (Å²) in [7, 11) is 0. The molecular formula is C13H11ClN2OS. The van der Waals surface area contributed by atoms with Gasteiger partial charge < -0.3 is 5.32 Å². The molecule has 2 aromatic rings. The SMILES string of the molecule is O=C(Nc1nccs1)C1CC1c1ccccc1Cl. The van der Waals surface area contributed by atoms with Gasteiger partial charge in [0.05, 0.1) is 0 Å². The minimum absolute atomic E-state index is 0.0220. The van der Waals surface area contributed by atoms with Gasteiger partial charge in [0.25, 0.3) is 0 Å². The summed E-state index contributed by atoms with van der Waals surface area (Å²) in [5.74, 6) is 0.308. The van der Waals surface area contributed by atoms with E-state index in [9.17, 15) is 4.79 Å². The monoisotopic (exact) mass is 278 g/mol. The number of nitrogens with one attached hydrogen (secondary N) is 1. The predicted octanol–water partition coefficient (Wildman–Crippen LogP) is 3.54. The second kappa shape index (κ2) is 4.71. The molecule has 1 N–H and O–H groups in total. The second-order valence-electron chi connectivity index (χ2n) is 4.30. The Bertz CT molecular complexity index is 570. The average Bonchev–Trinajstić information content (AvgIpc) is 3.00. The molecule has 1 saturated carbocycles. The van der Waals surface area contributed by atoms with E-state index in [0.717, 1.165) is 17.0 Å². The van der Waals surface area contributed by atoms with Gasteiger partial charge in [0.1, 0.15) is 0 Å². The minimum Gasteiger partial charge on any atom is -0.302 e. The zero-order chi connectivity index (χ0) is 12.5. The van der Waals surface area contributed by atoms with Crippen molar-refractivity contribution in [2.75, 3.05) is 5.32 Å². The Hall–Kier alpha value is -1.39. The molecule has 5 heteroatoms. The van der Waals surface area contributed by atoms with Gasteiger partial charge in [0.15, 0.2) is 5.13 Å². The lowest BCUT2D eigenvalue weighted by Gasteiger charge is -2.03. The van der Waals surface area contributed by atoms with Gasteiger partial charge in [0, 0.05) is 22.5 Å². The van der Waals surface area contributed by atoms with Crippen molar-refractivity contribution in [3.63, 3.8) is 0 Å². The summed E-state index contributed by atoms with van der Waals surface area (Å²) in [6, 6.07) is 7.71. The topological polar surface area (TPSA) is 42.0 Å². The van der Waals surface area contributed by atoms with Crippen LogP contribution in [0.15, 0.2) is 35.8 Å².